The maximum absolute atomic E-state index is 13.4. The zero-order valence-electron chi connectivity index (χ0n) is 18.8. The average Bonchev–Trinajstić information content (AvgIpc) is 3.25. The third-order valence-corrected chi connectivity index (χ3v) is 6.55. The van der Waals surface area contributed by atoms with Crippen molar-refractivity contribution in [2.75, 3.05) is 13.7 Å². The van der Waals surface area contributed by atoms with Gasteiger partial charge in [-0.15, -0.1) is 0 Å². The number of hydrogen-bond donors (Lipinski definition) is 3. The van der Waals surface area contributed by atoms with Crippen molar-refractivity contribution < 1.29 is 37.8 Å². The quantitative estimate of drug-likeness (QED) is 0.271. The molecule has 0 saturated heterocycles. The highest BCUT2D eigenvalue weighted by Crippen LogP contribution is 2.45. The number of nitrogens with one attached hydrogen (secondary N) is 2. The first-order valence-electron chi connectivity index (χ1n) is 10.3. The van der Waals surface area contributed by atoms with Crippen molar-refractivity contribution in [2.24, 2.45) is 0 Å². The molecule has 0 radical (unpaired) electrons. The van der Waals surface area contributed by atoms with Gasteiger partial charge in [0, 0.05) is 11.8 Å². The van der Waals surface area contributed by atoms with Gasteiger partial charge in [-0.2, -0.15) is 5.09 Å². The summed E-state index contributed by atoms with van der Waals surface area (Å²) in [6.07, 6.45) is 2.29. The van der Waals surface area contributed by atoms with E-state index in [9.17, 15) is 19.3 Å². The van der Waals surface area contributed by atoms with Gasteiger partial charge < -0.3 is 29.3 Å². The molecular weight excluding hydrogens is 453 g/mol. The normalized spacial score (nSPS) is 25.1. The number of ether oxygens (including phenoxy) is 2. The molecule has 1 aromatic carbocycles. The first kappa shape index (κ1) is 24.9. The maximum atomic E-state index is 13.4. The highest BCUT2D eigenvalue weighted by molar-refractivity contribution is 7.52. The zero-order valence-corrected chi connectivity index (χ0v) is 19.7. The first-order chi connectivity index (χ1) is 15.6. The molecule has 0 bridgehead atoms. The Morgan fingerprint density at radius 1 is 1.30 bits per heavy atom. The number of carbonyl (C=O) groups is 2. The number of carbonyl (C=O) groups excluding carboxylic acids is 2. The van der Waals surface area contributed by atoms with Gasteiger partial charge in [-0.25, -0.2) is 4.57 Å². The van der Waals surface area contributed by atoms with Gasteiger partial charge in [-0.3, -0.25) is 14.1 Å². The summed E-state index contributed by atoms with van der Waals surface area (Å²) in [5.41, 5.74) is 1.40. The number of hydrogen-bond acceptors (Lipinski definition) is 9. The maximum Gasteiger partial charge on any atom is 0.459 e. The van der Waals surface area contributed by atoms with Gasteiger partial charge in [0.25, 0.3) is 5.91 Å². The number of rotatable bonds is 9. The summed E-state index contributed by atoms with van der Waals surface area (Å²) in [5, 5.41) is 15.1. The predicted octanol–water partition coefficient (Wildman–Crippen LogP) is 1.54. The van der Waals surface area contributed by atoms with Crippen LogP contribution in [0.4, 0.5) is 0 Å². The van der Waals surface area contributed by atoms with Gasteiger partial charge in [0.15, 0.2) is 6.23 Å². The number of aryl methyl sites for hydroxylation is 1. The lowest BCUT2D eigenvalue weighted by Gasteiger charge is -2.35. The van der Waals surface area contributed by atoms with E-state index in [1.165, 1.54) is 25.1 Å². The third kappa shape index (κ3) is 6.43. The summed E-state index contributed by atoms with van der Waals surface area (Å²) >= 11 is 0. The van der Waals surface area contributed by atoms with Crippen molar-refractivity contribution in [2.45, 2.75) is 45.5 Å². The molecule has 1 amide bonds. The lowest BCUT2D eigenvalue weighted by molar-refractivity contribution is -0.142. The fraction of sp³-hybridized carbons (Fsp3) is 0.429. The number of benzene rings is 1. The van der Waals surface area contributed by atoms with Gasteiger partial charge in [-0.1, -0.05) is 23.8 Å². The monoisotopic (exact) mass is 481 g/mol. The summed E-state index contributed by atoms with van der Waals surface area (Å²) in [7, 11) is -2.79. The van der Waals surface area contributed by atoms with Gasteiger partial charge in [0.05, 0.1) is 13.7 Å². The molecule has 3 N–H and O–H groups in total. The van der Waals surface area contributed by atoms with E-state index in [0.717, 1.165) is 5.56 Å². The molecule has 33 heavy (non-hydrogen) atoms. The van der Waals surface area contributed by atoms with Gasteiger partial charge in [0.2, 0.25) is 6.35 Å². The minimum absolute atomic E-state index is 0.171. The molecule has 0 fully saturated rings. The fourth-order valence-electron chi connectivity index (χ4n) is 3.09. The molecule has 0 aliphatic carbocycles. The van der Waals surface area contributed by atoms with Crippen LogP contribution in [0.15, 0.2) is 48.2 Å². The Balaban J connectivity index is 1.66. The van der Waals surface area contributed by atoms with Crippen molar-refractivity contribution in [3.05, 3.63) is 53.8 Å². The lowest BCUT2D eigenvalue weighted by Crippen LogP contribution is -2.53. The van der Waals surface area contributed by atoms with E-state index in [2.05, 4.69) is 15.1 Å². The second-order valence-corrected chi connectivity index (χ2v) is 9.32. The Morgan fingerprint density at radius 2 is 2.00 bits per heavy atom. The Hall–Kier alpha value is -2.69. The Bertz CT molecular complexity index is 980. The second-order valence-electron chi connectivity index (χ2n) is 7.63. The molecule has 11 nitrogen and oxygen atoms in total. The van der Waals surface area contributed by atoms with Crippen LogP contribution in [0.3, 0.4) is 0 Å². The predicted molar refractivity (Wildman–Crippen MR) is 118 cm³/mol. The number of esters is 1. The van der Waals surface area contributed by atoms with E-state index in [0.29, 0.717) is 11.3 Å². The number of aliphatic hydroxyl groups is 1. The summed E-state index contributed by atoms with van der Waals surface area (Å²) in [4.78, 5) is 24.9. The minimum Gasteiger partial charge on any atom is -0.468 e. The van der Waals surface area contributed by atoms with Crippen LogP contribution in [0, 0.1) is 6.92 Å². The molecule has 180 valence electrons. The van der Waals surface area contributed by atoms with E-state index in [-0.39, 0.29) is 12.5 Å². The number of methoxy groups -OCH3 is 1. The third-order valence-electron chi connectivity index (χ3n) is 4.90. The molecule has 0 saturated carbocycles. The van der Waals surface area contributed by atoms with Crippen LogP contribution in [0.5, 0.6) is 5.75 Å². The topological polar surface area (TPSA) is 136 Å². The fourth-order valence-corrected chi connectivity index (χ4v) is 4.59. The molecule has 1 aromatic rings. The Kier molecular flexibility index (Phi) is 7.93. The molecule has 0 aromatic heterocycles. The summed E-state index contributed by atoms with van der Waals surface area (Å²) in [6, 6.07) is 5.89. The number of amides is 1. The second kappa shape index (κ2) is 10.5. The van der Waals surface area contributed by atoms with E-state index in [4.69, 9.17) is 13.8 Å². The SMILES string of the molecule is COC(=O)C(C)NP(=O)(OC[C@@H]1C=C[C@H](N2C=C(C)C(=O)N[C@@H]2O)O1)Oc1ccc(C)cc1. The van der Waals surface area contributed by atoms with Crippen LogP contribution in [-0.2, 0) is 28.2 Å². The zero-order chi connectivity index (χ0) is 24.2. The van der Waals surface area contributed by atoms with Crippen LogP contribution in [0.25, 0.3) is 0 Å². The van der Waals surface area contributed by atoms with E-state index in [1.54, 1.807) is 43.3 Å². The molecule has 2 aliphatic heterocycles. The molecule has 2 unspecified atom stereocenters. The van der Waals surface area contributed by atoms with Crippen molar-refractivity contribution in [1.82, 2.24) is 15.3 Å². The number of nitrogens with zero attached hydrogens (tertiary/aromatic N) is 1. The van der Waals surface area contributed by atoms with E-state index < -0.39 is 38.4 Å². The van der Waals surface area contributed by atoms with Gasteiger partial charge in [-0.05, 0) is 39.0 Å². The van der Waals surface area contributed by atoms with Gasteiger partial charge >= 0.3 is 13.7 Å². The molecule has 5 atom stereocenters. The van der Waals surface area contributed by atoms with E-state index >= 15 is 0 Å². The summed E-state index contributed by atoms with van der Waals surface area (Å²) in [6.45, 7) is 4.82. The van der Waals surface area contributed by atoms with Crippen molar-refractivity contribution >= 4 is 19.6 Å². The van der Waals surface area contributed by atoms with Crippen LogP contribution in [0.1, 0.15) is 19.4 Å². The smallest absolute Gasteiger partial charge is 0.459 e. The summed E-state index contributed by atoms with van der Waals surface area (Å²) < 4.78 is 35.1. The molecule has 2 aliphatic rings. The molecular formula is C21H28N3O8P. The van der Waals surface area contributed by atoms with Crippen LogP contribution >= 0.6 is 7.75 Å². The standard InChI is InChI=1S/C21H28N3O8P/c1-13-5-7-16(8-6-13)32-33(28,23-15(3)20(26)29-4)30-12-17-9-10-18(31-17)24-11-14(2)19(25)22-21(24)27/h5-11,15,17-18,21,27H,12H2,1-4H3,(H,22,25)(H,23,28)/t15?,17-,18+,21-,33?/m0/s1. The Morgan fingerprint density at radius 3 is 2.67 bits per heavy atom. The molecule has 0 spiro atoms. The largest absolute Gasteiger partial charge is 0.468 e. The van der Waals surface area contributed by atoms with Crippen LogP contribution < -0.4 is 14.9 Å². The highest BCUT2D eigenvalue weighted by atomic mass is 31.2. The lowest BCUT2D eigenvalue weighted by atomic mass is 10.2. The van der Waals surface area contributed by atoms with Crippen molar-refractivity contribution in [1.29, 1.82) is 0 Å². The molecule has 12 heteroatoms. The van der Waals surface area contributed by atoms with Gasteiger partial charge in [0.1, 0.15) is 17.9 Å². The minimum atomic E-state index is -4.01. The van der Waals surface area contributed by atoms with E-state index in [1.807, 2.05) is 6.92 Å². The Labute approximate surface area is 191 Å². The first-order valence-corrected chi connectivity index (χ1v) is 11.8. The molecule has 3 rings (SSSR count). The van der Waals surface area contributed by atoms with Crippen molar-refractivity contribution in [3.8, 4) is 5.75 Å². The number of aliphatic hydroxyl groups excluding tert-OH is 1. The van der Waals surface area contributed by atoms with Crippen molar-refractivity contribution in [3.63, 3.8) is 0 Å². The van der Waals surface area contributed by atoms with Crippen LogP contribution in [-0.4, -0.2) is 60.3 Å². The molecule has 2 heterocycles. The summed E-state index contributed by atoms with van der Waals surface area (Å²) in [5.74, 6) is -0.714. The average molecular weight is 481 g/mol. The highest BCUT2D eigenvalue weighted by Gasteiger charge is 2.36. The van der Waals surface area contributed by atoms with Crippen LogP contribution in [0.2, 0.25) is 0 Å².